The number of likely N-dealkylation sites (N-methyl/N-ethyl adjacent to an activating group) is 1. The topological polar surface area (TPSA) is 70.1 Å². The number of aliphatic hydroxyl groups excluding tert-OH is 1. The minimum Gasteiger partial charge on any atom is -0.494 e. The van der Waals surface area contributed by atoms with Crippen molar-refractivity contribution in [1.29, 1.82) is 0 Å². The average Bonchev–Trinajstić information content (AvgIpc) is 2.89. The molecule has 140 valence electrons. The van der Waals surface area contributed by atoms with Crippen molar-refractivity contribution in [2.75, 3.05) is 32.8 Å². The summed E-state index contributed by atoms with van der Waals surface area (Å²) in [5, 5.41) is 9.02. The first-order chi connectivity index (χ1) is 12.5. The quantitative estimate of drug-likeness (QED) is 0.538. The molecule has 0 bridgehead atoms. The van der Waals surface area contributed by atoms with Gasteiger partial charge >= 0.3 is 0 Å². The van der Waals surface area contributed by atoms with Crippen molar-refractivity contribution in [3.8, 4) is 5.75 Å². The van der Waals surface area contributed by atoms with Gasteiger partial charge in [-0.25, -0.2) is 0 Å². The maximum atomic E-state index is 12.6. The van der Waals surface area contributed by atoms with E-state index >= 15 is 0 Å². The molecule has 0 aliphatic carbocycles. The SMILES string of the molecule is CCOc1ccc(/C=C2\SC(=S)N(CC(=O)N(CC)CCO)C2=O)cc1. The van der Waals surface area contributed by atoms with Crippen molar-refractivity contribution in [3.63, 3.8) is 0 Å². The number of benzene rings is 1. The fourth-order valence-electron chi connectivity index (χ4n) is 2.43. The van der Waals surface area contributed by atoms with Crippen LogP contribution in [0.1, 0.15) is 19.4 Å². The molecule has 8 heteroatoms. The molecular weight excluding hydrogens is 372 g/mol. The molecule has 1 saturated heterocycles. The molecule has 1 aliphatic heterocycles. The van der Waals surface area contributed by atoms with Crippen molar-refractivity contribution in [1.82, 2.24) is 9.80 Å². The third-order valence-electron chi connectivity index (χ3n) is 3.76. The smallest absolute Gasteiger partial charge is 0.266 e. The highest BCUT2D eigenvalue weighted by Gasteiger charge is 2.34. The second kappa shape index (κ2) is 9.70. The van der Waals surface area contributed by atoms with E-state index in [1.54, 1.807) is 6.08 Å². The third kappa shape index (κ3) is 5.06. The summed E-state index contributed by atoms with van der Waals surface area (Å²) in [4.78, 5) is 28.2. The van der Waals surface area contributed by atoms with Gasteiger partial charge in [0.15, 0.2) is 0 Å². The van der Waals surface area contributed by atoms with E-state index in [9.17, 15) is 9.59 Å². The number of nitrogens with zero attached hydrogens (tertiary/aromatic N) is 2. The second-order valence-corrected chi connectivity index (χ2v) is 7.14. The summed E-state index contributed by atoms with van der Waals surface area (Å²) >= 11 is 6.44. The van der Waals surface area contributed by atoms with Crippen LogP contribution in [0.15, 0.2) is 29.2 Å². The van der Waals surface area contributed by atoms with Crippen molar-refractivity contribution in [2.45, 2.75) is 13.8 Å². The van der Waals surface area contributed by atoms with E-state index in [0.29, 0.717) is 22.4 Å². The molecule has 1 aromatic rings. The molecular formula is C18H22N2O4S2. The fourth-order valence-corrected chi connectivity index (χ4v) is 3.68. The van der Waals surface area contributed by atoms with Gasteiger partial charge in [0.25, 0.3) is 5.91 Å². The van der Waals surface area contributed by atoms with Crippen molar-refractivity contribution < 1.29 is 19.4 Å². The first kappa shape index (κ1) is 20.4. The molecule has 6 nitrogen and oxygen atoms in total. The van der Waals surface area contributed by atoms with E-state index in [1.807, 2.05) is 38.1 Å². The predicted molar refractivity (Wildman–Crippen MR) is 107 cm³/mol. The van der Waals surface area contributed by atoms with E-state index in [1.165, 1.54) is 21.6 Å². The zero-order chi connectivity index (χ0) is 19.1. The summed E-state index contributed by atoms with van der Waals surface area (Å²) in [5.74, 6) is 0.258. The lowest BCUT2D eigenvalue weighted by Gasteiger charge is -2.22. The Bertz CT molecular complexity index is 704. The minimum atomic E-state index is -0.276. The Morgan fingerprint density at radius 1 is 1.35 bits per heavy atom. The van der Waals surface area contributed by atoms with Gasteiger partial charge in [0.1, 0.15) is 16.6 Å². The number of hydrogen-bond acceptors (Lipinski definition) is 6. The zero-order valence-corrected chi connectivity index (χ0v) is 16.4. The molecule has 0 saturated carbocycles. The lowest BCUT2D eigenvalue weighted by molar-refractivity contribution is -0.135. The summed E-state index contributed by atoms with van der Waals surface area (Å²) in [7, 11) is 0. The first-order valence-electron chi connectivity index (χ1n) is 8.37. The molecule has 1 fully saturated rings. The van der Waals surface area contributed by atoms with Crippen molar-refractivity contribution >= 4 is 46.2 Å². The molecule has 1 aliphatic rings. The van der Waals surface area contributed by atoms with E-state index in [2.05, 4.69) is 0 Å². The normalized spacial score (nSPS) is 15.7. The molecule has 1 aromatic carbocycles. The molecule has 2 amide bonds. The number of ether oxygens (including phenoxy) is 1. The maximum Gasteiger partial charge on any atom is 0.266 e. The van der Waals surface area contributed by atoms with Crippen LogP contribution < -0.4 is 4.74 Å². The molecule has 0 unspecified atom stereocenters. The number of thiocarbonyl (C=S) groups is 1. The monoisotopic (exact) mass is 394 g/mol. The van der Waals surface area contributed by atoms with Crippen LogP contribution in [0.25, 0.3) is 6.08 Å². The van der Waals surface area contributed by atoms with E-state index in [-0.39, 0.29) is 31.5 Å². The van der Waals surface area contributed by atoms with Crippen LogP contribution >= 0.6 is 24.0 Å². The van der Waals surface area contributed by atoms with Crippen LogP contribution in [0.3, 0.4) is 0 Å². The van der Waals surface area contributed by atoms with Crippen molar-refractivity contribution in [2.24, 2.45) is 0 Å². The van der Waals surface area contributed by atoms with Gasteiger partial charge in [0.05, 0.1) is 18.1 Å². The Labute approximate surface area is 162 Å². The summed E-state index contributed by atoms with van der Waals surface area (Å²) < 4.78 is 5.76. The van der Waals surface area contributed by atoms with Gasteiger partial charge in [-0.2, -0.15) is 0 Å². The molecule has 1 heterocycles. The molecule has 1 N–H and O–H groups in total. The number of carbonyl (C=O) groups excluding carboxylic acids is 2. The van der Waals surface area contributed by atoms with Gasteiger partial charge < -0.3 is 14.7 Å². The number of thioether (sulfide) groups is 1. The molecule has 26 heavy (non-hydrogen) atoms. The van der Waals surface area contributed by atoms with Gasteiger partial charge in [-0.05, 0) is 37.6 Å². The average molecular weight is 395 g/mol. The summed E-state index contributed by atoms with van der Waals surface area (Å²) in [6.45, 7) is 4.82. The van der Waals surface area contributed by atoms with Gasteiger partial charge in [0, 0.05) is 13.1 Å². The predicted octanol–water partition coefficient (Wildman–Crippen LogP) is 2.13. The Morgan fingerprint density at radius 3 is 2.62 bits per heavy atom. The lowest BCUT2D eigenvalue weighted by Crippen LogP contribution is -2.43. The summed E-state index contributed by atoms with van der Waals surface area (Å²) in [6.07, 6.45) is 1.75. The van der Waals surface area contributed by atoms with E-state index < -0.39 is 0 Å². The van der Waals surface area contributed by atoms with Crippen LogP contribution in [0, 0.1) is 0 Å². The van der Waals surface area contributed by atoms with Crippen LogP contribution in [-0.2, 0) is 9.59 Å². The van der Waals surface area contributed by atoms with E-state index in [0.717, 1.165) is 11.3 Å². The molecule has 0 atom stereocenters. The van der Waals surface area contributed by atoms with Crippen LogP contribution in [-0.4, -0.2) is 63.9 Å². The fraction of sp³-hybridized carbons (Fsp3) is 0.389. The molecule has 0 spiro atoms. The Balaban J connectivity index is 2.08. The second-order valence-electron chi connectivity index (χ2n) is 5.47. The highest BCUT2D eigenvalue weighted by atomic mass is 32.2. The van der Waals surface area contributed by atoms with Crippen LogP contribution in [0.5, 0.6) is 5.75 Å². The molecule has 0 aromatic heterocycles. The Hall–Kier alpha value is -1.90. The zero-order valence-electron chi connectivity index (χ0n) is 14.8. The highest BCUT2D eigenvalue weighted by molar-refractivity contribution is 8.26. The first-order valence-corrected chi connectivity index (χ1v) is 9.59. The number of amides is 2. The largest absolute Gasteiger partial charge is 0.494 e. The number of rotatable bonds is 8. The van der Waals surface area contributed by atoms with Crippen molar-refractivity contribution in [3.05, 3.63) is 34.7 Å². The lowest BCUT2D eigenvalue weighted by atomic mass is 10.2. The highest BCUT2D eigenvalue weighted by Crippen LogP contribution is 2.32. The number of hydrogen-bond donors (Lipinski definition) is 1. The van der Waals surface area contributed by atoms with Gasteiger partial charge in [0.2, 0.25) is 5.91 Å². The minimum absolute atomic E-state index is 0.112. The van der Waals surface area contributed by atoms with Gasteiger partial charge in [-0.3, -0.25) is 14.5 Å². The third-order valence-corrected chi connectivity index (χ3v) is 5.14. The van der Waals surface area contributed by atoms with Gasteiger partial charge in [-0.1, -0.05) is 36.1 Å². The summed E-state index contributed by atoms with van der Waals surface area (Å²) in [6, 6.07) is 7.41. The maximum absolute atomic E-state index is 12.6. The number of aliphatic hydroxyl groups is 1. The van der Waals surface area contributed by atoms with Crippen LogP contribution in [0.2, 0.25) is 0 Å². The summed E-state index contributed by atoms with van der Waals surface area (Å²) in [5.41, 5.74) is 0.857. The molecule has 2 rings (SSSR count). The van der Waals surface area contributed by atoms with E-state index in [4.69, 9.17) is 22.1 Å². The standard InChI is InChI=1S/C18H22N2O4S2/c1-3-19(9-10-21)16(22)12-20-17(23)15(26-18(20)25)11-13-5-7-14(8-6-13)24-4-2/h5-8,11,21H,3-4,9-10,12H2,1-2H3/b15-11-. The van der Waals surface area contributed by atoms with Gasteiger partial charge in [-0.15, -0.1) is 0 Å². The Kier molecular flexibility index (Phi) is 7.62. The van der Waals surface area contributed by atoms with Crippen LogP contribution in [0.4, 0.5) is 0 Å². The Morgan fingerprint density at radius 2 is 2.04 bits per heavy atom. The molecule has 0 radical (unpaired) electrons. The number of carbonyl (C=O) groups is 2.